The lowest BCUT2D eigenvalue weighted by molar-refractivity contribution is -0.139. The number of imide groups is 1. The van der Waals surface area contributed by atoms with Crippen LogP contribution in [-0.2, 0) is 16.1 Å². The molecule has 0 aromatic heterocycles. The second kappa shape index (κ2) is 10.1. The molecule has 1 spiro atoms. The Morgan fingerprint density at radius 1 is 1.16 bits per heavy atom. The Labute approximate surface area is 185 Å². The maximum atomic E-state index is 13.1. The first-order valence-electron chi connectivity index (χ1n) is 10.8. The normalized spacial score (nSPS) is 18.3. The molecule has 1 aliphatic carbocycles. The second-order valence-electron chi connectivity index (χ2n) is 8.28. The molecular weight excluding hydrogens is 424 g/mol. The average Bonchev–Trinajstić information content (AvgIpc) is 2.96. The summed E-state index contributed by atoms with van der Waals surface area (Å²) in [5.41, 5.74) is -0.280. The largest absolute Gasteiger partial charge is 0.493 e. The Bertz CT molecular complexity index is 856. The van der Waals surface area contributed by atoms with Gasteiger partial charge in [0.15, 0.2) is 11.5 Å². The molecule has 1 saturated heterocycles. The molecule has 0 radical (unpaired) electrons. The van der Waals surface area contributed by atoms with Crippen LogP contribution in [0, 0.1) is 0 Å². The number of methoxy groups -OCH3 is 1. The standard InChI is InChI=1S/C22H29F2N3O5/c1-26(13-15-8-9-16(32-20(23)24)17(12-15)31-2)18(28)14-27-19(29)22(25-21(27)30)10-6-4-3-5-7-11-22/h8-9,12,20H,3-7,10-11,13-14H2,1-2H3,(H,25,30). The summed E-state index contributed by atoms with van der Waals surface area (Å²) < 4.78 is 34.5. The number of carbonyl (C=O) groups is 3. The van der Waals surface area contributed by atoms with E-state index in [1.165, 1.54) is 24.1 Å². The lowest BCUT2D eigenvalue weighted by atomic mass is 9.84. The minimum Gasteiger partial charge on any atom is -0.493 e. The van der Waals surface area contributed by atoms with Crippen molar-refractivity contribution in [2.45, 2.75) is 63.6 Å². The summed E-state index contributed by atoms with van der Waals surface area (Å²) in [5.74, 6) is -0.738. The quantitative estimate of drug-likeness (QED) is 0.640. The lowest BCUT2D eigenvalue weighted by Gasteiger charge is -2.28. The first-order valence-corrected chi connectivity index (χ1v) is 10.8. The molecule has 10 heteroatoms. The van der Waals surface area contributed by atoms with E-state index < -0.39 is 24.1 Å². The molecule has 1 aliphatic heterocycles. The molecule has 1 aromatic carbocycles. The van der Waals surface area contributed by atoms with Gasteiger partial charge in [-0.25, -0.2) is 4.79 Å². The van der Waals surface area contributed by atoms with Gasteiger partial charge in [0, 0.05) is 13.6 Å². The number of ether oxygens (including phenoxy) is 2. The highest BCUT2D eigenvalue weighted by Gasteiger charge is 2.50. The first kappa shape index (κ1) is 23.7. The highest BCUT2D eigenvalue weighted by atomic mass is 19.3. The van der Waals surface area contributed by atoms with Crippen LogP contribution in [0.5, 0.6) is 11.5 Å². The molecule has 1 aromatic rings. The monoisotopic (exact) mass is 453 g/mol. The molecule has 1 heterocycles. The number of hydrogen-bond acceptors (Lipinski definition) is 5. The summed E-state index contributed by atoms with van der Waals surface area (Å²) in [6.07, 6.45) is 6.08. The van der Waals surface area contributed by atoms with E-state index in [1.54, 1.807) is 13.1 Å². The maximum Gasteiger partial charge on any atom is 0.387 e. The van der Waals surface area contributed by atoms with Crippen LogP contribution in [0.15, 0.2) is 18.2 Å². The number of likely N-dealkylation sites (N-methyl/N-ethyl adjacent to an activating group) is 1. The van der Waals surface area contributed by atoms with Crippen molar-refractivity contribution in [1.82, 2.24) is 15.1 Å². The number of hydrogen-bond donors (Lipinski definition) is 1. The van der Waals surface area contributed by atoms with Crippen LogP contribution in [0.2, 0.25) is 0 Å². The highest BCUT2D eigenvalue weighted by molar-refractivity contribution is 6.09. The Morgan fingerprint density at radius 3 is 2.44 bits per heavy atom. The molecule has 1 saturated carbocycles. The zero-order chi connectivity index (χ0) is 23.3. The van der Waals surface area contributed by atoms with Crippen LogP contribution in [0.3, 0.4) is 0 Å². The minimum absolute atomic E-state index is 0.107. The zero-order valence-corrected chi connectivity index (χ0v) is 18.4. The predicted octanol–water partition coefficient (Wildman–Crippen LogP) is 3.29. The molecule has 0 atom stereocenters. The van der Waals surface area contributed by atoms with Crippen molar-refractivity contribution >= 4 is 17.8 Å². The Hall–Kier alpha value is -2.91. The fraction of sp³-hybridized carbons (Fsp3) is 0.591. The third-order valence-corrected chi connectivity index (χ3v) is 6.04. The number of nitrogens with zero attached hydrogens (tertiary/aromatic N) is 2. The third kappa shape index (κ3) is 5.28. The van der Waals surface area contributed by atoms with Crippen LogP contribution in [0.4, 0.5) is 13.6 Å². The van der Waals surface area contributed by atoms with Crippen LogP contribution in [0.1, 0.15) is 50.5 Å². The fourth-order valence-corrected chi connectivity index (χ4v) is 4.29. The van der Waals surface area contributed by atoms with Gasteiger partial charge in [0.05, 0.1) is 7.11 Å². The number of alkyl halides is 2. The van der Waals surface area contributed by atoms with Crippen molar-refractivity contribution in [3.8, 4) is 11.5 Å². The van der Waals surface area contributed by atoms with Crippen molar-refractivity contribution in [2.24, 2.45) is 0 Å². The topological polar surface area (TPSA) is 88.2 Å². The lowest BCUT2D eigenvalue weighted by Crippen LogP contribution is -2.48. The number of rotatable bonds is 7. The molecular formula is C22H29F2N3O5. The van der Waals surface area contributed by atoms with E-state index in [-0.39, 0.29) is 30.5 Å². The Kier molecular flexibility index (Phi) is 7.52. The van der Waals surface area contributed by atoms with Gasteiger partial charge in [0.2, 0.25) is 5.91 Å². The molecule has 0 bridgehead atoms. The van der Waals surface area contributed by atoms with E-state index in [4.69, 9.17) is 4.74 Å². The summed E-state index contributed by atoms with van der Waals surface area (Å²) in [7, 11) is 2.87. The molecule has 32 heavy (non-hydrogen) atoms. The molecule has 8 nitrogen and oxygen atoms in total. The van der Waals surface area contributed by atoms with Crippen molar-refractivity contribution in [1.29, 1.82) is 0 Å². The van der Waals surface area contributed by atoms with Gasteiger partial charge >= 0.3 is 12.6 Å². The van der Waals surface area contributed by atoms with Gasteiger partial charge in [0.1, 0.15) is 12.1 Å². The average molecular weight is 453 g/mol. The van der Waals surface area contributed by atoms with Gasteiger partial charge < -0.3 is 19.7 Å². The Morgan fingerprint density at radius 2 is 1.81 bits per heavy atom. The Balaban J connectivity index is 1.64. The molecule has 176 valence electrons. The van der Waals surface area contributed by atoms with Gasteiger partial charge in [-0.15, -0.1) is 0 Å². The number of halogens is 2. The van der Waals surface area contributed by atoms with Gasteiger partial charge in [-0.05, 0) is 30.5 Å². The second-order valence-corrected chi connectivity index (χ2v) is 8.28. The van der Waals surface area contributed by atoms with Crippen molar-refractivity contribution in [3.63, 3.8) is 0 Å². The molecule has 1 N–H and O–H groups in total. The maximum absolute atomic E-state index is 13.1. The third-order valence-electron chi connectivity index (χ3n) is 6.04. The zero-order valence-electron chi connectivity index (χ0n) is 18.4. The van der Waals surface area contributed by atoms with Gasteiger partial charge in [-0.2, -0.15) is 8.78 Å². The number of amides is 4. The van der Waals surface area contributed by atoms with Crippen LogP contribution in [0.25, 0.3) is 0 Å². The van der Waals surface area contributed by atoms with E-state index in [9.17, 15) is 23.2 Å². The molecule has 0 unspecified atom stereocenters. The summed E-state index contributed by atoms with van der Waals surface area (Å²) in [6, 6.07) is 3.85. The summed E-state index contributed by atoms with van der Waals surface area (Å²) in [4.78, 5) is 40.7. The minimum atomic E-state index is -2.98. The molecule has 2 aliphatic rings. The number of carbonyl (C=O) groups excluding carboxylic acids is 3. The summed E-state index contributed by atoms with van der Waals surface area (Å²) >= 11 is 0. The predicted molar refractivity (Wildman–Crippen MR) is 111 cm³/mol. The van der Waals surface area contributed by atoms with Gasteiger partial charge in [-0.1, -0.05) is 38.2 Å². The van der Waals surface area contributed by atoms with E-state index in [0.29, 0.717) is 18.4 Å². The van der Waals surface area contributed by atoms with Gasteiger partial charge in [0.25, 0.3) is 5.91 Å². The molecule has 3 rings (SSSR count). The summed E-state index contributed by atoms with van der Waals surface area (Å²) in [6.45, 7) is -3.20. The van der Waals surface area contributed by atoms with Crippen LogP contribution in [-0.4, -0.2) is 60.5 Å². The van der Waals surface area contributed by atoms with Crippen molar-refractivity contribution < 1.29 is 32.6 Å². The number of urea groups is 1. The van der Waals surface area contributed by atoms with Crippen LogP contribution >= 0.6 is 0 Å². The van der Waals surface area contributed by atoms with E-state index in [1.807, 2.05) is 0 Å². The summed E-state index contributed by atoms with van der Waals surface area (Å²) in [5, 5.41) is 2.84. The number of nitrogens with one attached hydrogen (secondary N) is 1. The SMILES string of the molecule is COc1cc(CN(C)C(=O)CN2C(=O)NC3(CCCCCCC3)C2=O)ccc1OC(F)F. The highest BCUT2D eigenvalue weighted by Crippen LogP contribution is 2.32. The van der Waals surface area contributed by atoms with E-state index >= 15 is 0 Å². The molecule has 4 amide bonds. The smallest absolute Gasteiger partial charge is 0.387 e. The van der Waals surface area contributed by atoms with E-state index in [0.717, 1.165) is 37.0 Å². The van der Waals surface area contributed by atoms with E-state index in [2.05, 4.69) is 10.1 Å². The fourth-order valence-electron chi connectivity index (χ4n) is 4.29. The molecule has 2 fully saturated rings. The van der Waals surface area contributed by atoms with Crippen molar-refractivity contribution in [3.05, 3.63) is 23.8 Å². The number of benzene rings is 1. The van der Waals surface area contributed by atoms with Crippen LogP contribution < -0.4 is 14.8 Å². The van der Waals surface area contributed by atoms with Gasteiger partial charge in [-0.3, -0.25) is 14.5 Å². The first-order chi connectivity index (χ1) is 15.3. The van der Waals surface area contributed by atoms with Crippen molar-refractivity contribution in [2.75, 3.05) is 20.7 Å².